The fourth-order valence-electron chi connectivity index (χ4n) is 1.99. The zero-order valence-corrected chi connectivity index (χ0v) is 11.5. The van der Waals surface area contributed by atoms with Gasteiger partial charge < -0.3 is 10.6 Å². The van der Waals surface area contributed by atoms with Crippen LogP contribution >= 0.6 is 0 Å². The van der Waals surface area contributed by atoms with Gasteiger partial charge >= 0.3 is 0 Å². The molecule has 1 aromatic carbocycles. The van der Waals surface area contributed by atoms with E-state index in [1.54, 1.807) is 6.33 Å². The van der Waals surface area contributed by atoms with E-state index in [1.807, 2.05) is 25.2 Å². The number of hydrogen-bond acceptors (Lipinski definition) is 4. The van der Waals surface area contributed by atoms with Crippen LogP contribution in [0, 0.1) is 0 Å². The molecular weight excluding hydrogens is 236 g/mol. The molecule has 2 aromatic rings. The Bertz CT molecular complexity index is 539. The van der Waals surface area contributed by atoms with Gasteiger partial charge in [0.25, 0.3) is 0 Å². The van der Waals surface area contributed by atoms with Gasteiger partial charge in [-0.15, -0.1) is 0 Å². The third kappa shape index (κ3) is 3.29. The first kappa shape index (κ1) is 13.5. The Hall–Kier alpha value is -1.94. The van der Waals surface area contributed by atoms with Crippen molar-refractivity contribution in [2.24, 2.45) is 5.73 Å². The first-order valence-corrected chi connectivity index (χ1v) is 6.58. The summed E-state index contributed by atoms with van der Waals surface area (Å²) in [7, 11) is 2.01. The number of aryl methyl sites for hydroxylation is 1. The Morgan fingerprint density at radius 3 is 2.79 bits per heavy atom. The molecule has 19 heavy (non-hydrogen) atoms. The smallest absolute Gasteiger partial charge is 0.136 e. The highest BCUT2D eigenvalue weighted by molar-refractivity contribution is 5.59. The minimum absolute atomic E-state index is 0.548. The van der Waals surface area contributed by atoms with E-state index in [4.69, 9.17) is 5.73 Å². The van der Waals surface area contributed by atoms with E-state index in [1.165, 1.54) is 0 Å². The Morgan fingerprint density at radius 2 is 2.05 bits per heavy atom. The minimum atomic E-state index is 0.548. The van der Waals surface area contributed by atoms with E-state index in [9.17, 15) is 0 Å². The first-order chi connectivity index (χ1) is 9.24. The highest BCUT2D eigenvalue weighted by Crippen LogP contribution is 2.22. The lowest BCUT2D eigenvalue weighted by Crippen LogP contribution is -2.12. The fraction of sp³-hybridized carbons (Fsp3) is 0.333. The maximum Gasteiger partial charge on any atom is 0.136 e. The molecule has 0 aliphatic carbocycles. The van der Waals surface area contributed by atoms with Crippen molar-refractivity contribution < 1.29 is 0 Å². The molecule has 0 fully saturated rings. The van der Waals surface area contributed by atoms with Crippen LogP contribution in [0.15, 0.2) is 36.7 Å². The molecule has 1 heterocycles. The second kappa shape index (κ2) is 6.29. The monoisotopic (exact) mass is 256 g/mol. The predicted molar refractivity (Wildman–Crippen MR) is 78.4 cm³/mol. The number of nitrogens with two attached hydrogens (primary N) is 1. The van der Waals surface area contributed by atoms with Gasteiger partial charge in [-0.25, -0.2) is 9.97 Å². The molecule has 0 radical (unpaired) electrons. The number of anilines is 2. The topological polar surface area (TPSA) is 55.0 Å². The van der Waals surface area contributed by atoms with Crippen molar-refractivity contribution in [1.82, 2.24) is 9.97 Å². The zero-order chi connectivity index (χ0) is 13.7. The third-order valence-electron chi connectivity index (χ3n) is 3.09. The van der Waals surface area contributed by atoms with Crippen LogP contribution in [0.5, 0.6) is 0 Å². The van der Waals surface area contributed by atoms with Crippen molar-refractivity contribution in [1.29, 1.82) is 0 Å². The van der Waals surface area contributed by atoms with Gasteiger partial charge in [0.15, 0.2) is 0 Å². The molecule has 0 unspecified atom stereocenters. The Morgan fingerprint density at radius 1 is 1.21 bits per heavy atom. The molecule has 0 bridgehead atoms. The molecular formula is C15H20N4. The molecule has 0 saturated heterocycles. The third-order valence-corrected chi connectivity index (χ3v) is 3.09. The summed E-state index contributed by atoms with van der Waals surface area (Å²) in [6.07, 6.45) is 3.69. The molecule has 2 N–H and O–H groups in total. The van der Waals surface area contributed by atoms with Crippen LogP contribution in [-0.2, 0) is 13.0 Å². The standard InChI is InChI=1S/C15H20N4/c1-3-5-13-9-15(18-11-17-13)19(2)14-7-4-6-12(8-14)10-16/h4,6-9,11H,3,5,10,16H2,1-2H3. The molecule has 0 atom stereocenters. The summed E-state index contributed by atoms with van der Waals surface area (Å²) in [6, 6.07) is 10.2. The SMILES string of the molecule is CCCc1cc(N(C)c2cccc(CN)c2)ncn1. The molecule has 2 rings (SSSR count). The lowest BCUT2D eigenvalue weighted by Gasteiger charge is -2.19. The van der Waals surface area contributed by atoms with E-state index in [0.29, 0.717) is 6.54 Å². The Balaban J connectivity index is 2.27. The van der Waals surface area contributed by atoms with Crippen molar-refractivity contribution >= 4 is 11.5 Å². The molecule has 0 amide bonds. The van der Waals surface area contributed by atoms with Gasteiger partial charge in [0, 0.05) is 31.0 Å². The Kier molecular flexibility index (Phi) is 4.47. The van der Waals surface area contributed by atoms with Gasteiger partial charge in [-0.05, 0) is 24.1 Å². The second-order valence-corrected chi connectivity index (χ2v) is 4.55. The van der Waals surface area contributed by atoms with Crippen molar-refractivity contribution in [2.75, 3.05) is 11.9 Å². The average molecular weight is 256 g/mol. The van der Waals surface area contributed by atoms with E-state index in [-0.39, 0.29) is 0 Å². The maximum absolute atomic E-state index is 5.68. The lowest BCUT2D eigenvalue weighted by molar-refractivity contribution is 0.869. The van der Waals surface area contributed by atoms with Gasteiger partial charge in [0.2, 0.25) is 0 Å². The largest absolute Gasteiger partial charge is 0.329 e. The summed E-state index contributed by atoms with van der Waals surface area (Å²) in [4.78, 5) is 10.7. The molecule has 0 aliphatic rings. The number of aromatic nitrogens is 2. The highest BCUT2D eigenvalue weighted by atomic mass is 15.2. The molecule has 0 spiro atoms. The Labute approximate surface area is 114 Å². The summed E-state index contributed by atoms with van der Waals surface area (Å²) >= 11 is 0. The summed E-state index contributed by atoms with van der Waals surface area (Å²) in [6.45, 7) is 2.70. The van der Waals surface area contributed by atoms with Gasteiger partial charge in [0.05, 0.1) is 0 Å². The molecule has 4 nitrogen and oxygen atoms in total. The quantitative estimate of drug-likeness (QED) is 0.893. The molecule has 0 saturated carbocycles. The molecule has 4 heteroatoms. The van der Waals surface area contributed by atoms with Crippen molar-refractivity contribution in [3.63, 3.8) is 0 Å². The van der Waals surface area contributed by atoms with E-state index < -0.39 is 0 Å². The zero-order valence-electron chi connectivity index (χ0n) is 11.5. The van der Waals surface area contributed by atoms with Gasteiger partial charge in [-0.1, -0.05) is 25.5 Å². The fourth-order valence-corrected chi connectivity index (χ4v) is 1.99. The van der Waals surface area contributed by atoms with Gasteiger partial charge in [-0.2, -0.15) is 0 Å². The highest BCUT2D eigenvalue weighted by Gasteiger charge is 2.07. The summed E-state index contributed by atoms with van der Waals surface area (Å²) in [5, 5.41) is 0. The van der Waals surface area contributed by atoms with Crippen LogP contribution in [-0.4, -0.2) is 17.0 Å². The van der Waals surface area contributed by atoms with Crippen molar-refractivity contribution in [3.05, 3.63) is 47.9 Å². The van der Waals surface area contributed by atoms with Crippen LogP contribution in [0.4, 0.5) is 11.5 Å². The van der Waals surface area contributed by atoms with E-state index in [0.717, 1.165) is 35.6 Å². The molecule has 100 valence electrons. The van der Waals surface area contributed by atoms with Gasteiger partial charge in [0.1, 0.15) is 12.1 Å². The summed E-state index contributed by atoms with van der Waals surface area (Å²) < 4.78 is 0. The van der Waals surface area contributed by atoms with Crippen molar-refractivity contribution in [3.8, 4) is 0 Å². The lowest BCUT2D eigenvalue weighted by atomic mass is 10.2. The normalized spacial score (nSPS) is 10.5. The van der Waals surface area contributed by atoms with E-state index >= 15 is 0 Å². The minimum Gasteiger partial charge on any atom is -0.329 e. The van der Waals surface area contributed by atoms with Crippen LogP contribution in [0.1, 0.15) is 24.6 Å². The average Bonchev–Trinajstić information content (AvgIpc) is 2.47. The molecule has 1 aromatic heterocycles. The second-order valence-electron chi connectivity index (χ2n) is 4.55. The van der Waals surface area contributed by atoms with Crippen LogP contribution in [0.3, 0.4) is 0 Å². The van der Waals surface area contributed by atoms with Crippen LogP contribution in [0.2, 0.25) is 0 Å². The predicted octanol–water partition coefficient (Wildman–Crippen LogP) is 2.66. The number of rotatable bonds is 5. The van der Waals surface area contributed by atoms with Gasteiger partial charge in [-0.3, -0.25) is 0 Å². The first-order valence-electron chi connectivity index (χ1n) is 6.58. The van der Waals surface area contributed by atoms with Crippen molar-refractivity contribution in [2.45, 2.75) is 26.3 Å². The summed E-state index contributed by atoms with van der Waals surface area (Å²) in [5.74, 6) is 0.910. The van der Waals surface area contributed by atoms with Crippen LogP contribution < -0.4 is 10.6 Å². The number of benzene rings is 1. The maximum atomic E-state index is 5.68. The summed E-state index contributed by atoms with van der Waals surface area (Å²) in [5.41, 5.74) is 8.96. The van der Waals surface area contributed by atoms with E-state index in [2.05, 4.69) is 33.9 Å². The number of nitrogens with zero attached hydrogens (tertiary/aromatic N) is 3. The number of hydrogen-bond donors (Lipinski definition) is 1. The van der Waals surface area contributed by atoms with Crippen LogP contribution in [0.25, 0.3) is 0 Å². The molecule has 0 aliphatic heterocycles.